The van der Waals surface area contributed by atoms with Gasteiger partial charge in [0, 0.05) is 10.5 Å². The number of fused-ring (bicyclic) bond motifs is 3. The molecule has 174 valence electrons. The summed E-state index contributed by atoms with van der Waals surface area (Å²) in [5, 5.41) is 0. The van der Waals surface area contributed by atoms with E-state index in [9.17, 15) is 4.79 Å². The number of methoxy groups -OCH3 is 1. The van der Waals surface area contributed by atoms with Crippen molar-refractivity contribution >= 4 is 34.9 Å². The second-order valence-corrected chi connectivity index (χ2v) is 10.6. The molecule has 2 heterocycles. The number of allylic oxidation sites excluding steroid dienone is 1. The van der Waals surface area contributed by atoms with Crippen LogP contribution in [0.1, 0.15) is 34.7 Å². The molecule has 0 amide bonds. The zero-order valence-corrected chi connectivity index (χ0v) is 21.2. The Labute approximate surface area is 211 Å². The standard InChI is InChI=1S/C29H24N2O2S2/c1-33-21-8-5-6-18(16-21)17-25-28(32)31-27(20-10-13-22(34-2)14-11-20)24-15-12-19-7-3-4-9-23(19)26(24)30-29(31)35-25/h3-11,13-14,16-17,27H,12,15H2,1-2H3. The molecule has 0 N–H and O–H groups in total. The Balaban J connectivity index is 1.59. The van der Waals surface area contributed by atoms with Gasteiger partial charge >= 0.3 is 0 Å². The van der Waals surface area contributed by atoms with Gasteiger partial charge in [0.25, 0.3) is 5.56 Å². The molecule has 1 aliphatic heterocycles. The molecule has 4 aromatic rings. The van der Waals surface area contributed by atoms with Crippen molar-refractivity contribution in [2.45, 2.75) is 23.8 Å². The van der Waals surface area contributed by atoms with Crippen molar-refractivity contribution < 1.29 is 4.74 Å². The van der Waals surface area contributed by atoms with Crippen LogP contribution in [0.4, 0.5) is 0 Å². The number of aromatic nitrogens is 1. The molecule has 35 heavy (non-hydrogen) atoms. The second kappa shape index (κ2) is 9.02. The highest BCUT2D eigenvalue weighted by Gasteiger charge is 2.32. The maximum atomic E-state index is 13.8. The van der Waals surface area contributed by atoms with Gasteiger partial charge in [0.05, 0.1) is 23.4 Å². The van der Waals surface area contributed by atoms with Gasteiger partial charge in [-0.05, 0) is 71.7 Å². The molecule has 1 unspecified atom stereocenters. The minimum atomic E-state index is -0.155. The largest absolute Gasteiger partial charge is 0.497 e. The van der Waals surface area contributed by atoms with Crippen LogP contribution in [0.5, 0.6) is 5.75 Å². The predicted octanol–water partition coefficient (Wildman–Crippen LogP) is 5.05. The molecule has 0 saturated carbocycles. The Morgan fingerprint density at radius 1 is 1.06 bits per heavy atom. The molecule has 0 radical (unpaired) electrons. The predicted molar refractivity (Wildman–Crippen MR) is 144 cm³/mol. The molecule has 2 aliphatic rings. The first kappa shape index (κ1) is 22.1. The summed E-state index contributed by atoms with van der Waals surface area (Å²) in [6, 6.07) is 24.7. The third kappa shape index (κ3) is 3.87. The van der Waals surface area contributed by atoms with E-state index in [2.05, 4.69) is 54.8 Å². The lowest BCUT2D eigenvalue weighted by Crippen LogP contribution is -2.38. The Kier molecular flexibility index (Phi) is 5.71. The highest BCUT2D eigenvalue weighted by Crippen LogP contribution is 2.41. The summed E-state index contributed by atoms with van der Waals surface area (Å²) < 4.78 is 7.95. The maximum absolute atomic E-state index is 13.8. The van der Waals surface area contributed by atoms with Crippen LogP contribution in [-0.2, 0) is 6.42 Å². The maximum Gasteiger partial charge on any atom is 0.271 e. The second-order valence-electron chi connectivity index (χ2n) is 8.66. The van der Waals surface area contributed by atoms with Crippen molar-refractivity contribution in [3.05, 3.63) is 120 Å². The van der Waals surface area contributed by atoms with E-state index in [0.29, 0.717) is 4.53 Å². The zero-order chi connectivity index (χ0) is 23.9. The van der Waals surface area contributed by atoms with Gasteiger partial charge in [0.15, 0.2) is 4.80 Å². The molecule has 1 aromatic heterocycles. The molecule has 6 rings (SSSR count). The summed E-state index contributed by atoms with van der Waals surface area (Å²) >= 11 is 3.18. The molecule has 0 fully saturated rings. The average molecular weight is 497 g/mol. The molecule has 0 bridgehead atoms. The quantitative estimate of drug-likeness (QED) is 0.372. The van der Waals surface area contributed by atoms with Gasteiger partial charge in [-0.25, -0.2) is 4.99 Å². The summed E-state index contributed by atoms with van der Waals surface area (Å²) in [4.78, 5) is 20.9. The first-order valence-corrected chi connectivity index (χ1v) is 13.6. The lowest BCUT2D eigenvalue weighted by atomic mass is 9.83. The number of hydrogen-bond acceptors (Lipinski definition) is 5. The topological polar surface area (TPSA) is 43.6 Å². The van der Waals surface area contributed by atoms with E-state index in [-0.39, 0.29) is 11.6 Å². The molecular weight excluding hydrogens is 472 g/mol. The van der Waals surface area contributed by atoms with E-state index in [1.54, 1.807) is 18.9 Å². The van der Waals surface area contributed by atoms with E-state index in [4.69, 9.17) is 9.73 Å². The van der Waals surface area contributed by atoms with Crippen molar-refractivity contribution in [3.63, 3.8) is 0 Å². The van der Waals surface area contributed by atoms with Gasteiger partial charge in [0.2, 0.25) is 0 Å². The number of aryl methyl sites for hydroxylation is 1. The Hall–Kier alpha value is -3.35. The molecule has 3 aromatic carbocycles. The van der Waals surface area contributed by atoms with Gasteiger partial charge in [-0.3, -0.25) is 9.36 Å². The smallest absolute Gasteiger partial charge is 0.271 e. The molecule has 0 spiro atoms. The number of thiazole rings is 1. The third-order valence-corrected chi connectivity index (χ3v) is 8.42. The fraction of sp³-hybridized carbons (Fsp3) is 0.172. The minimum absolute atomic E-state index is 0.000853. The Morgan fingerprint density at radius 2 is 1.89 bits per heavy atom. The van der Waals surface area contributed by atoms with E-state index in [1.807, 2.05) is 34.9 Å². The van der Waals surface area contributed by atoms with Crippen LogP contribution in [0.2, 0.25) is 0 Å². The molecule has 0 saturated heterocycles. The van der Waals surface area contributed by atoms with Gasteiger partial charge in [0.1, 0.15) is 5.75 Å². The molecule has 1 aliphatic carbocycles. The van der Waals surface area contributed by atoms with Crippen molar-refractivity contribution in [1.29, 1.82) is 0 Å². The fourth-order valence-corrected chi connectivity index (χ4v) is 6.40. The highest BCUT2D eigenvalue weighted by atomic mass is 32.2. The van der Waals surface area contributed by atoms with E-state index in [1.165, 1.54) is 32.9 Å². The zero-order valence-electron chi connectivity index (χ0n) is 19.5. The number of thioether (sulfide) groups is 1. The van der Waals surface area contributed by atoms with Crippen LogP contribution in [0, 0.1) is 0 Å². The van der Waals surface area contributed by atoms with Gasteiger partial charge in [-0.2, -0.15) is 0 Å². The highest BCUT2D eigenvalue weighted by molar-refractivity contribution is 7.98. The van der Waals surface area contributed by atoms with Gasteiger partial charge < -0.3 is 4.74 Å². The Morgan fingerprint density at radius 3 is 2.69 bits per heavy atom. The summed E-state index contributed by atoms with van der Waals surface area (Å²) in [5.41, 5.74) is 6.82. The number of ether oxygens (including phenoxy) is 1. The number of benzene rings is 3. The van der Waals surface area contributed by atoms with Crippen LogP contribution in [0.3, 0.4) is 0 Å². The third-order valence-electron chi connectivity index (χ3n) is 6.70. The van der Waals surface area contributed by atoms with Crippen LogP contribution in [-0.4, -0.2) is 17.9 Å². The van der Waals surface area contributed by atoms with Crippen molar-refractivity contribution in [3.8, 4) is 5.75 Å². The number of rotatable bonds is 4. The van der Waals surface area contributed by atoms with Crippen LogP contribution in [0.25, 0.3) is 11.8 Å². The van der Waals surface area contributed by atoms with Gasteiger partial charge in [-0.15, -0.1) is 11.8 Å². The van der Waals surface area contributed by atoms with Crippen LogP contribution >= 0.6 is 23.1 Å². The summed E-state index contributed by atoms with van der Waals surface area (Å²) in [7, 11) is 1.65. The lowest BCUT2D eigenvalue weighted by molar-refractivity contribution is 0.414. The molecule has 6 heteroatoms. The summed E-state index contributed by atoms with van der Waals surface area (Å²) in [5.74, 6) is 0.769. The minimum Gasteiger partial charge on any atom is -0.497 e. The summed E-state index contributed by atoms with van der Waals surface area (Å²) in [6.45, 7) is 0. The monoisotopic (exact) mass is 496 g/mol. The first-order chi connectivity index (χ1) is 17.2. The van der Waals surface area contributed by atoms with Crippen LogP contribution in [0.15, 0.2) is 93.1 Å². The molecule has 1 atom stereocenters. The first-order valence-electron chi connectivity index (χ1n) is 11.6. The lowest BCUT2D eigenvalue weighted by Gasteiger charge is -2.30. The van der Waals surface area contributed by atoms with Crippen molar-refractivity contribution in [1.82, 2.24) is 4.57 Å². The number of nitrogens with zero attached hydrogens (tertiary/aromatic N) is 2. The normalized spacial score (nSPS) is 16.9. The average Bonchev–Trinajstić information content (AvgIpc) is 3.21. The molecular formula is C29H24N2O2S2. The van der Waals surface area contributed by atoms with Gasteiger partial charge in [-0.1, -0.05) is 59.9 Å². The number of hydrogen-bond donors (Lipinski definition) is 0. The van der Waals surface area contributed by atoms with E-state index < -0.39 is 0 Å². The fourth-order valence-electron chi connectivity index (χ4n) is 4.99. The van der Waals surface area contributed by atoms with Crippen LogP contribution < -0.4 is 19.6 Å². The summed E-state index contributed by atoms with van der Waals surface area (Å²) in [6.07, 6.45) is 5.87. The van der Waals surface area contributed by atoms with E-state index in [0.717, 1.165) is 40.2 Å². The van der Waals surface area contributed by atoms with E-state index >= 15 is 0 Å². The van der Waals surface area contributed by atoms with Crippen molar-refractivity contribution in [2.24, 2.45) is 4.99 Å². The Bertz CT molecular complexity index is 1650. The van der Waals surface area contributed by atoms with Crippen molar-refractivity contribution in [2.75, 3.05) is 13.4 Å². The SMILES string of the molecule is COc1cccc(C=c2sc3n(c2=O)C(c2ccc(SC)cc2)C2=C(N=3)c3ccccc3CC2)c1. The molecule has 4 nitrogen and oxygen atoms in total.